The fourth-order valence-electron chi connectivity index (χ4n) is 9.80. The van der Waals surface area contributed by atoms with Crippen molar-refractivity contribution in [3.05, 3.63) is 84.2 Å². The van der Waals surface area contributed by atoms with Gasteiger partial charge in [0, 0.05) is 81.0 Å². The van der Waals surface area contributed by atoms with Crippen molar-refractivity contribution in [3.8, 4) is 28.1 Å². The van der Waals surface area contributed by atoms with Crippen LogP contribution in [0.3, 0.4) is 0 Å². The molecule has 15 nitrogen and oxygen atoms in total. The number of esters is 1. The van der Waals surface area contributed by atoms with E-state index in [-0.39, 0.29) is 49.6 Å². The fraction of sp³-hybridized carbons (Fsp3) is 0.480. The molecule has 4 atom stereocenters. The number of phenolic OH excluding ortho intramolecular Hbond substituents is 1. The van der Waals surface area contributed by atoms with Gasteiger partial charge in [-0.15, -0.1) is 0 Å². The molecule has 0 saturated carbocycles. The average Bonchev–Trinajstić information content (AvgIpc) is 3.90. The minimum atomic E-state index is -1.16. The lowest BCUT2D eigenvalue weighted by molar-refractivity contribution is -0.155. The third-order valence-electron chi connectivity index (χ3n) is 12.9. The Morgan fingerprint density at radius 3 is 2.58 bits per heavy atom. The SMILES string of the molecule is C=CC(=O)N1CC[C@H](C(=O)N(C)C(C(=O)N[C@H]2Cc3cc(O)cc(c3)-c3ccc4c(c3)c(c(-c3cncc(COC)c3)n4CC)CC(C)(C)COC(=O)[C@@H]3CCCN(N3)C2=O)C(C)C)C1. The quantitative estimate of drug-likeness (QED) is 0.138. The summed E-state index contributed by atoms with van der Waals surface area (Å²) in [6.07, 6.45) is 6.84. The summed E-state index contributed by atoms with van der Waals surface area (Å²) in [4.78, 5) is 76.8. The second-order valence-corrected chi connectivity index (χ2v) is 18.8. The number of carbonyl (C=O) groups is 5. The van der Waals surface area contributed by atoms with Crippen molar-refractivity contribution in [1.82, 2.24) is 35.1 Å². The maximum atomic E-state index is 14.7. The molecule has 4 aromatic rings. The van der Waals surface area contributed by atoms with E-state index in [1.807, 2.05) is 32.2 Å². The molecule has 3 N–H and O–H groups in total. The lowest BCUT2D eigenvalue weighted by atomic mass is 9.84. The van der Waals surface area contributed by atoms with Crippen LogP contribution in [-0.4, -0.2) is 118 Å². The second-order valence-electron chi connectivity index (χ2n) is 18.8. The second kappa shape index (κ2) is 19.6. The number of phenols is 1. The molecule has 5 heterocycles. The van der Waals surface area contributed by atoms with Crippen molar-refractivity contribution < 1.29 is 38.6 Å². The number of carbonyl (C=O) groups excluding carboxylic acids is 5. The summed E-state index contributed by atoms with van der Waals surface area (Å²) in [5.41, 5.74) is 9.69. The van der Waals surface area contributed by atoms with Crippen molar-refractivity contribution in [2.24, 2.45) is 17.3 Å². The van der Waals surface area contributed by atoms with Gasteiger partial charge >= 0.3 is 5.97 Å². The summed E-state index contributed by atoms with van der Waals surface area (Å²) in [5.74, 6) is -2.85. The van der Waals surface area contributed by atoms with Crippen LogP contribution in [0.15, 0.2) is 67.5 Å². The van der Waals surface area contributed by atoms with Gasteiger partial charge in [0.05, 0.1) is 24.8 Å². The number of fused-ring (bicyclic) bond motifs is 6. The molecule has 65 heavy (non-hydrogen) atoms. The van der Waals surface area contributed by atoms with E-state index >= 15 is 0 Å². The maximum Gasteiger partial charge on any atom is 0.324 e. The maximum absolute atomic E-state index is 14.7. The number of nitrogens with zero attached hydrogens (tertiary/aromatic N) is 5. The standard InChI is InChI=1S/C50H63N7O8/c1-9-43(59)55-17-15-34(27-55)47(61)54(7)44(30(3)4)46(60)52-41-21-31-18-35(22-37(58)20-31)33-13-14-42-38(23-33)39(45(56(42)10-2)36-19-32(28-64-8)25-51-26-36)24-50(5,6)29-65-49(63)40-12-11-16-57(53-40)48(41)62/h9,13-14,18-20,22-23,25-26,30,34,40-41,44,53,58H,1,10-12,15-17,21,24,27-29H2,2-8H3,(H,52,60)/t34-,40-,41-,44?/m0/s1. The Morgan fingerprint density at radius 1 is 1.08 bits per heavy atom. The van der Waals surface area contributed by atoms with E-state index < -0.39 is 47.2 Å². The molecule has 15 heteroatoms. The number of cyclic esters (lactones) is 1. The van der Waals surface area contributed by atoms with Crippen LogP contribution in [0.25, 0.3) is 33.3 Å². The predicted molar refractivity (Wildman–Crippen MR) is 247 cm³/mol. The molecule has 0 aliphatic carbocycles. The fourth-order valence-corrected chi connectivity index (χ4v) is 9.80. The van der Waals surface area contributed by atoms with Crippen LogP contribution in [0, 0.1) is 17.3 Å². The topological polar surface area (TPSA) is 176 Å². The Balaban J connectivity index is 1.29. The molecule has 2 aromatic heterocycles. The summed E-state index contributed by atoms with van der Waals surface area (Å²) >= 11 is 0. The van der Waals surface area contributed by atoms with Gasteiger partial charge in [-0.2, -0.15) is 0 Å². The summed E-state index contributed by atoms with van der Waals surface area (Å²) in [6.45, 7) is 15.6. The first-order valence-electron chi connectivity index (χ1n) is 22.7. The lowest BCUT2D eigenvalue weighted by Crippen LogP contribution is -2.62. The number of likely N-dealkylation sites (tertiary alicyclic amines) is 1. The molecule has 4 amide bonds. The normalized spacial score (nSPS) is 20.6. The van der Waals surface area contributed by atoms with Crippen molar-refractivity contribution >= 4 is 40.5 Å². The van der Waals surface area contributed by atoms with Crippen LogP contribution in [0.2, 0.25) is 0 Å². The van der Waals surface area contributed by atoms with Gasteiger partial charge in [0.15, 0.2) is 0 Å². The number of hydrogen-bond acceptors (Lipinski definition) is 10. The van der Waals surface area contributed by atoms with Crippen LogP contribution < -0.4 is 10.7 Å². The van der Waals surface area contributed by atoms with Gasteiger partial charge in [0.2, 0.25) is 17.7 Å². The zero-order valence-electron chi connectivity index (χ0n) is 38.7. The first-order chi connectivity index (χ1) is 31.0. The Morgan fingerprint density at radius 2 is 1.86 bits per heavy atom. The van der Waals surface area contributed by atoms with Gasteiger partial charge in [-0.25, -0.2) is 5.43 Å². The Bertz CT molecular complexity index is 2480. The third-order valence-corrected chi connectivity index (χ3v) is 12.9. The number of ether oxygens (including phenoxy) is 2. The Hall–Kier alpha value is -6.06. The first-order valence-corrected chi connectivity index (χ1v) is 22.7. The number of likely N-dealkylation sites (N-methyl/N-ethyl adjacent to an activating group) is 1. The van der Waals surface area contributed by atoms with Gasteiger partial charge in [0.25, 0.3) is 5.91 Å². The molecule has 2 saturated heterocycles. The molecular formula is C50H63N7O8. The van der Waals surface area contributed by atoms with Crippen molar-refractivity contribution in [2.45, 2.75) is 98.0 Å². The first kappa shape index (κ1) is 46.9. The highest BCUT2D eigenvalue weighted by Crippen LogP contribution is 2.41. The number of benzene rings is 2. The Labute approximate surface area is 381 Å². The van der Waals surface area contributed by atoms with E-state index in [1.165, 1.54) is 16.0 Å². The van der Waals surface area contributed by atoms with E-state index in [2.05, 4.69) is 65.8 Å². The molecule has 3 aliphatic heterocycles. The van der Waals surface area contributed by atoms with Gasteiger partial charge in [0.1, 0.15) is 23.9 Å². The van der Waals surface area contributed by atoms with Crippen LogP contribution in [0.4, 0.5) is 0 Å². The van der Waals surface area contributed by atoms with E-state index in [4.69, 9.17) is 9.47 Å². The third kappa shape index (κ3) is 10.1. The molecule has 2 aromatic carbocycles. The molecule has 346 valence electrons. The number of hydrogen-bond donors (Lipinski definition) is 3. The number of hydrazine groups is 1. The lowest BCUT2D eigenvalue weighted by Gasteiger charge is -2.37. The van der Waals surface area contributed by atoms with Crippen LogP contribution in [-0.2, 0) is 59.4 Å². The summed E-state index contributed by atoms with van der Waals surface area (Å²) in [6, 6.07) is 10.6. The van der Waals surface area contributed by atoms with Crippen molar-refractivity contribution in [1.29, 1.82) is 0 Å². The number of aromatic nitrogens is 2. The summed E-state index contributed by atoms with van der Waals surface area (Å²) in [7, 11) is 3.24. The number of methoxy groups -OCH3 is 1. The zero-order chi connectivity index (χ0) is 46.7. The monoisotopic (exact) mass is 889 g/mol. The van der Waals surface area contributed by atoms with Gasteiger partial charge in [-0.05, 0) is 103 Å². The molecule has 1 unspecified atom stereocenters. The molecular weight excluding hydrogens is 827 g/mol. The minimum Gasteiger partial charge on any atom is -0.508 e. The molecule has 0 spiro atoms. The molecule has 3 aliphatic rings. The van der Waals surface area contributed by atoms with Crippen LogP contribution in [0.1, 0.15) is 70.6 Å². The highest BCUT2D eigenvalue weighted by atomic mass is 16.5. The van der Waals surface area contributed by atoms with E-state index in [1.54, 1.807) is 37.4 Å². The van der Waals surface area contributed by atoms with E-state index in [9.17, 15) is 29.1 Å². The van der Waals surface area contributed by atoms with E-state index in [0.717, 1.165) is 44.4 Å². The molecule has 6 bridgehead atoms. The number of nitrogens with one attached hydrogen (secondary N) is 2. The summed E-state index contributed by atoms with van der Waals surface area (Å²) < 4.78 is 13.8. The zero-order valence-corrected chi connectivity index (χ0v) is 38.7. The van der Waals surface area contributed by atoms with Crippen LogP contribution >= 0.6 is 0 Å². The molecule has 2 fully saturated rings. The van der Waals surface area contributed by atoms with Crippen molar-refractivity contribution in [2.75, 3.05) is 40.4 Å². The van der Waals surface area contributed by atoms with Gasteiger partial charge in [-0.3, -0.25) is 34.0 Å². The van der Waals surface area contributed by atoms with Crippen LogP contribution in [0.5, 0.6) is 5.75 Å². The Kier molecular flexibility index (Phi) is 14.1. The van der Waals surface area contributed by atoms with Gasteiger partial charge in [-0.1, -0.05) is 46.4 Å². The molecule has 0 radical (unpaired) electrons. The minimum absolute atomic E-state index is 0.00808. The number of pyridine rings is 1. The number of amides is 4. The smallest absolute Gasteiger partial charge is 0.324 e. The largest absolute Gasteiger partial charge is 0.508 e. The summed E-state index contributed by atoms with van der Waals surface area (Å²) in [5, 5.41) is 16.7. The number of aromatic hydroxyl groups is 1. The van der Waals surface area contributed by atoms with Crippen molar-refractivity contribution in [3.63, 3.8) is 0 Å². The number of rotatable bonds is 10. The predicted octanol–water partition coefficient (Wildman–Crippen LogP) is 5.41. The molecule has 7 rings (SSSR count). The van der Waals surface area contributed by atoms with E-state index in [0.29, 0.717) is 50.9 Å². The number of aryl methyl sites for hydroxylation is 1. The highest BCUT2D eigenvalue weighted by Gasteiger charge is 2.40. The highest BCUT2D eigenvalue weighted by molar-refractivity contribution is 5.96. The van der Waals surface area contributed by atoms with Gasteiger partial charge < -0.3 is 34.3 Å². The average molecular weight is 890 g/mol.